The predicted octanol–water partition coefficient (Wildman–Crippen LogP) is 4.05. The fourth-order valence-corrected chi connectivity index (χ4v) is 3.34. The number of amides is 4. The maximum absolute atomic E-state index is 12.7. The first-order chi connectivity index (χ1) is 12.9. The van der Waals surface area contributed by atoms with Crippen LogP contribution in [0.5, 0.6) is 0 Å². The Bertz CT molecular complexity index is 859. The molecule has 140 valence electrons. The van der Waals surface area contributed by atoms with Crippen LogP contribution in [0.3, 0.4) is 0 Å². The molecule has 3 rings (SSSR count). The highest BCUT2D eigenvalue weighted by Gasteiger charge is 2.46. The molecule has 0 saturated carbocycles. The summed E-state index contributed by atoms with van der Waals surface area (Å²) in [6, 6.07) is 13.8. The molecular weight excluding hydrogens is 374 g/mol. The van der Waals surface area contributed by atoms with Gasteiger partial charge in [0.05, 0.1) is 12.6 Å². The molecule has 0 spiro atoms. The molecule has 8 heteroatoms. The Morgan fingerprint density at radius 2 is 1.56 bits per heavy atom. The van der Waals surface area contributed by atoms with Gasteiger partial charge in [0.15, 0.2) is 0 Å². The van der Waals surface area contributed by atoms with Crippen molar-refractivity contribution in [2.24, 2.45) is 0 Å². The molecule has 1 unspecified atom stereocenters. The number of nitrogens with zero attached hydrogens (tertiary/aromatic N) is 2. The van der Waals surface area contributed by atoms with Gasteiger partial charge in [0.1, 0.15) is 0 Å². The van der Waals surface area contributed by atoms with Crippen LogP contribution in [0.2, 0.25) is 0 Å². The van der Waals surface area contributed by atoms with E-state index in [4.69, 9.17) is 0 Å². The average Bonchev–Trinajstić information content (AvgIpc) is 2.86. The van der Waals surface area contributed by atoms with E-state index in [0.717, 1.165) is 15.4 Å². The van der Waals surface area contributed by atoms with E-state index in [1.807, 2.05) is 6.07 Å². The molecule has 1 heterocycles. The van der Waals surface area contributed by atoms with E-state index in [0.29, 0.717) is 22.2 Å². The molecule has 5 nitrogen and oxygen atoms in total. The second-order valence-corrected chi connectivity index (χ2v) is 7.02. The molecule has 27 heavy (non-hydrogen) atoms. The molecule has 0 bridgehead atoms. The van der Waals surface area contributed by atoms with Crippen molar-refractivity contribution in [3.63, 3.8) is 0 Å². The molecule has 0 aromatic heterocycles. The average molecular weight is 390 g/mol. The van der Waals surface area contributed by atoms with Gasteiger partial charge < -0.3 is 0 Å². The largest absolute Gasteiger partial charge is 0.335 e. The van der Waals surface area contributed by atoms with E-state index in [1.54, 1.807) is 43.3 Å². The number of rotatable bonds is 6. The Kier molecular flexibility index (Phi) is 5.55. The molecule has 2 aromatic rings. The van der Waals surface area contributed by atoms with Crippen molar-refractivity contribution in [2.45, 2.75) is 30.2 Å². The highest BCUT2D eigenvalue weighted by molar-refractivity contribution is 7.99. The summed E-state index contributed by atoms with van der Waals surface area (Å²) >= 11 is 0.410. The molecule has 0 radical (unpaired) electrons. The minimum Gasteiger partial charge on any atom is -0.263 e. The third-order valence-electron chi connectivity index (χ3n) is 4.24. The lowest BCUT2D eigenvalue weighted by atomic mass is 10.1. The summed E-state index contributed by atoms with van der Waals surface area (Å²) in [5.74, 6) is -4.29. The van der Waals surface area contributed by atoms with Gasteiger partial charge in [-0.25, -0.2) is 9.69 Å². The van der Waals surface area contributed by atoms with Crippen LogP contribution in [0.4, 0.5) is 13.6 Å². The second-order valence-electron chi connectivity index (χ2n) is 5.96. The molecule has 0 N–H and O–H groups in total. The summed E-state index contributed by atoms with van der Waals surface area (Å²) in [6.07, 6.45) is 0. The van der Waals surface area contributed by atoms with Gasteiger partial charge in [0.25, 0.3) is 5.76 Å². The highest BCUT2D eigenvalue weighted by atomic mass is 32.2. The van der Waals surface area contributed by atoms with Crippen molar-refractivity contribution in [3.8, 4) is 0 Å². The molecule has 2 aromatic carbocycles. The topological polar surface area (TPSA) is 57.7 Å². The minimum absolute atomic E-state index is 0.0962. The number of carbonyl (C=O) groups excluding carboxylic acids is 3. The lowest BCUT2D eigenvalue weighted by Gasteiger charge is -2.22. The van der Waals surface area contributed by atoms with Crippen molar-refractivity contribution in [1.82, 2.24) is 9.80 Å². The van der Waals surface area contributed by atoms with E-state index < -0.39 is 29.6 Å². The number of thioether (sulfide) groups is 1. The Hall–Kier alpha value is -2.74. The molecule has 0 aliphatic carbocycles. The first-order valence-corrected chi connectivity index (χ1v) is 9.04. The monoisotopic (exact) mass is 390 g/mol. The molecule has 1 aliphatic rings. The van der Waals surface area contributed by atoms with Crippen LogP contribution in [0, 0.1) is 0 Å². The van der Waals surface area contributed by atoms with Gasteiger partial charge in [-0.05, 0) is 30.2 Å². The van der Waals surface area contributed by atoms with Crippen LogP contribution >= 0.6 is 11.8 Å². The fraction of sp³-hybridized carbons (Fsp3) is 0.211. The van der Waals surface area contributed by atoms with Crippen molar-refractivity contribution in [2.75, 3.05) is 0 Å². The van der Waals surface area contributed by atoms with Crippen LogP contribution in [0.15, 0.2) is 59.5 Å². The van der Waals surface area contributed by atoms with Gasteiger partial charge in [-0.15, -0.1) is 0 Å². The SMILES string of the molecule is CC(c1ccccc1)N1C(=O)C(=O)N(Cc2ccc(SC(F)F)cc2)C1=O. The number of carbonyl (C=O) groups is 3. The number of imide groups is 2. The zero-order valence-corrected chi connectivity index (χ0v) is 15.2. The summed E-state index contributed by atoms with van der Waals surface area (Å²) < 4.78 is 24.8. The number of halogens is 2. The molecular formula is C19H16F2N2O3S. The third kappa shape index (κ3) is 4.00. The maximum atomic E-state index is 12.7. The zero-order chi connectivity index (χ0) is 19.6. The first kappa shape index (κ1) is 19.0. The van der Waals surface area contributed by atoms with Gasteiger partial charge in [-0.1, -0.05) is 54.2 Å². The molecule has 1 fully saturated rings. The molecule has 1 saturated heterocycles. The Morgan fingerprint density at radius 1 is 0.926 bits per heavy atom. The van der Waals surface area contributed by atoms with Gasteiger partial charge in [0.2, 0.25) is 0 Å². The van der Waals surface area contributed by atoms with E-state index >= 15 is 0 Å². The van der Waals surface area contributed by atoms with E-state index in [2.05, 4.69) is 0 Å². The molecule has 1 atom stereocenters. The van der Waals surface area contributed by atoms with E-state index in [1.165, 1.54) is 12.1 Å². The lowest BCUT2D eigenvalue weighted by Crippen LogP contribution is -2.35. The predicted molar refractivity (Wildman–Crippen MR) is 96.0 cm³/mol. The van der Waals surface area contributed by atoms with Gasteiger partial charge in [0, 0.05) is 4.90 Å². The summed E-state index contributed by atoms with van der Waals surface area (Å²) in [5, 5.41) is 0. The summed E-state index contributed by atoms with van der Waals surface area (Å²) in [5.41, 5.74) is 1.31. The standard InChI is InChI=1S/C19H16F2N2O3S/c1-12(14-5-3-2-4-6-14)23-17(25)16(24)22(19(23)26)11-13-7-9-15(10-8-13)27-18(20)21/h2-10,12,18H,11H2,1H3. The number of benzene rings is 2. The zero-order valence-electron chi connectivity index (χ0n) is 14.3. The van der Waals surface area contributed by atoms with E-state index in [9.17, 15) is 23.2 Å². The van der Waals surface area contributed by atoms with Crippen molar-refractivity contribution in [1.29, 1.82) is 0 Å². The summed E-state index contributed by atoms with van der Waals surface area (Å²) in [7, 11) is 0. The Morgan fingerprint density at radius 3 is 2.15 bits per heavy atom. The van der Waals surface area contributed by atoms with Gasteiger partial charge in [-0.2, -0.15) is 8.78 Å². The van der Waals surface area contributed by atoms with Crippen molar-refractivity contribution >= 4 is 29.6 Å². The normalized spacial score (nSPS) is 15.8. The minimum atomic E-state index is -2.52. The second kappa shape index (κ2) is 7.87. The van der Waals surface area contributed by atoms with Gasteiger partial charge >= 0.3 is 17.8 Å². The first-order valence-electron chi connectivity index (χ1n) is 8.16. The summed E-state index contributed by atoms with van der Waals surface area (Å²) in [4.78, 5) is 39.5. The van der Waals surface area contributed by atoms with Crippen LogP contribution in [0.1, 0.15) is 24.1 Å². The highest BCUT2D eigenvalue weighted by Crippen LogP contribution is 2.28. The van der Waals surface area contributed by atoms with Crippen LogP contribution < -0.4 is 0 Å². The summed E-state index contributed by atoms with van der Waals surface area (Å²) in [6.45, 7) is 1.58. The quantitative estimate of drug-likeness (QED) is 0.424. The Balaban J connectivity index is 1.76. The lowest BCUT2D eigenvalue weighted by molar-refractivity contribution is -0.144. The number of hydrogen-bond donors (Lipinski definition) is 0. The smallest absolute Gasteiger partial charge is 0.263 e. The van der Waals surface area contributed by atoms with Crippen LogP contribution in [0.25, 0.3) is 0 Å². The maximum Gasteiger partial charge on any atom is 0.335 e. The van der Waals surface area contributed by atoms with Crippen molar-refractivity contribution < 1.29 is 23.2 Å². The van der Waals surface area contributed by atoms with Crippen LogP contribution in [-0.4, -0.2) is 33.4 Å². The Labute approximate surface area is 158 Å². The van der Waals surface area contributed by atoms with Crippen LogP contribution in [-0.2, 0) is 16.1 Å². The number of urea groups is 1. The van der Waals surface area contributed by atoms with E-state index in [-0.39, 0.29) is 6.54 Å². The number of alkyl halides is 2. The molecule has 4 amide bonds. The van der Waals surface area contributed by atoms with Crippen molar-refractivity contribution in [3.05, 3.63) is 65.7 Å². The molecule has 1 aliphatic heterocycles. The fourth-order valence-electron chi connectivity index (χ4n) is 2.84. The third-order valence-corrected chi connectivity index (χ3v) is 4.96. The van der Waals surface area contributed by atoms with Gasteiger partial charge in [-0.3, -0.25) is 14.5 Å². The number of hydrogen-bond acceptors (Lipinski definition) is 4.